The Bertz CT molecular complexity index is 643. The fourth-order valence-corrected chi connectivity index (χ4v) is 2.38. The van der Waals surface area contributed by atoms with Crippen LogP contribution in [0.2, 0.25) is 0 Å². The molecule has 0 spiro atoms. The molecule has 0 bridgehead atoms. The number of hydrogen-bond acceptors (Lipinski definition) is 3. The van der Waals surface area contributed by atoms with Gasteiger partial charge in [0.1, 0.15) is 0 Å². The van der Waals surface area contributed by atoms with Gasteiger partial charge in [0.15, 0.2) is 0 Å². The number of carbonyl (C=O) groups is 1. The van der Waals surface area contributed by atoms with Crippen LogP contribution in [0.4, 0.5) is 5.69 Å². The van der Waals surface area contributed by atoms with Gasteiger partial charge in [0.25, 0.3) is 0 Å². The largest absolute Gasteiger partial charge is 0.463 e. The smallest absolute Gasteiger partial charge is 0.335 e. The minimum absolute atomic E-state index is 0.323. The van der Waals surface area contributed by atoms with E-state index < -0.39 is 0 Å². The molecule has 3 nitrogen and oxygen atoms in total. The molecule has 0 atom stereocenters. The Balaban J connectivity index is 2.28. The molecule has 21 heavy (non-hydrogen) atoms. The van der Waals surface area contributed by atoms with E-state index in [2.05, 4.69) is 42.7 Å². The van der Waals surface area contributed by atoms with E-state index in [9.17, 15) is 4.79 Å². The third-order valence-corrected chi connectivity index (χ3v) is 3.43. The predicted octanol–water partition coefficient (Wildman–Crippen LogP) is 3.79. The Morgan fingerprint density at radius 2 is 1.86 bits per heavy atom. The number of fused-ring (bicyclic) bond motifs is 1. The molecule has 0 heterocycles. The first-order valence-corrected chi connectivity index (χ1v) is 7.25. The van der Waals surface area contributed by atoms with Gasteiger partial charge in [-0.15, -0.1) is 0 Å². The van der Waals surface area contributed by atoms with E-state index in [0.717, 1.165) is 12.2 Å². The summed E-state index contributed by atoms with van der Waals surface area (Å²) in [5.74, 6) is -0.323. The van der Waals surface area contributed by atoms with Gasteiger partial charge in [0, 0.05) is 29.7 Å². The van der Waals surface area contributed by atoms with Gasteiger partial charge in [0.05, 0.1) is 6.61 Å². The third-order valence-electron chi connectivity index (χ3n) is 3.43. The predicted molar refractivity (Wildman–Crippen MR) is 87.6 cm³/mol. The number of esters is 1. The van der Waals surface area contributed by atoms with Gasteiger partial charge in [-0.2, -0.15) is 0 Å². The van der Waals surface area contributed by atoms with E-state index in [4.69, 9.17) is 4.74 Å². The molecule has 0 aliphatic rings. The lowest BCUT2D eigenvalue weighted by Gasteiger charge is -2.25. The maximum atomic E-state index is 11.7. The highest BCUT2D eigenvalue weighted by atomic mass is 16.5. The van der Waals surface area contributed by atoms with Gasteiger partial charge in [-0.1, -0.05) is 43.0 Å². The average Bonchev–Trinajstić information content (AvgIpc) is 2.52. The van der Waals surface area contributed by atoms with Gasteiger partial charge in [-0.3, -0.25) is 0 Å². The monoisotopic (exact) mass is 283 g/mol. The Morgan fingerprint density at radius 3 is 2.57 bits per heavy atom. The molecule has 0 aromatic heterocycles. The second-order valence-corrected chi connectivity index (χ2v) is 4.84. The molecule has 0 unspecified atom stereocenters. The summed E-state index contributed by atoms with van der Waals surface area (Å²) in [7, 11) is 0. The molecule has 2 rings (SSSR count). The van der Waals surface area contributed by atoms with E-state index in [1.54, 1.807) is 6.92 Å². The van der Waals surface area contributed by atoms with Crippen LogP contribution >= 0.6 is 0 Å². The highest BCUT2D eigenvalue weighted by Crippen LogP contribution is 2.27. The van der Waals surface area contributed by atoms with Crippen molar-refractivity contribution in [3.63, 3.8) is 0 Å². The number of carbonyl (C=O) groups excluding carboxylic acids is 1. The van der Waals surface area contributed by atoms with Gasteiger partial charge in [0.2, 0.25) is 0 Å². The summed E-state index contributed by atoms with van der Waals surface area (Å²) in [4.78, 5) is 13.9. The van der Waals surface area contributed by atoms with Crippen LogP contribution in [-0.4, -0.2) is 25.7 Å². The lowest BCUT2D eigenvalue weighted by molar-refractivity contribution is -0.138. The van der Waals surface area contributed by atoms with Crippen molar-refractivity contribution in [2.24, 2.45) is 0 Å². The van der Waals surface area contributed by atoms with Crippen LogP contribution in [-0.2, 0) is 9.53 Å². The first kappa shape index (κ1) is 15.1. The van der Waals surface area contributed by atoms with Crippen molar-refractivity contribution in [1.82, 2.24) is 0 Å². The van der Waals surface area contributed by atoms with Gasteiger partial charge in [-0.25, -0.2) is 4.79 Å². The van der Waals surface area contributed by atoms with Gasteiger partial charge < -0.3 is 9.64 Å². The fraction of sp³-hybridized carbons (Fsp3) is 0.278. The Labute approximate surface area is 125 Å². The molecule has 110 valence electrons. The van der Waals surface area contributed by atoms with E-state index in [1.807, 2.05) is 18.2 Å². The van der Waals surface area contributed by atoms with Crippen molar-refractivity contribution in [3.8, 4) is 0 Å². The maximum Gasteiger partial charge on any atom is 0.335 e. The highest BCUT2D eigenvalue weighted by Gasteiger charge is 2.14. The van der Waals surface area contributed by atoms with E-state index in [-0.39, 0.29) is 5.97 Å². The molecule has 0 saturated heterocycles. The summed E-state index contributed by atoms with van der Waals surface area (Å²) in [6, 6.07) is 14.4. The van der Waals surface area contributed by atoms with Crippen LogP contribution in [0.25, 0.3) is 10.8 Å². The zero-order chi connectivity index (χ0) is 15.2. The Hall–Kier alpha value is -2.29. The topological polar surface area (TPSA) is 29.5 Å². The molecular weight excluding hydrogens is 262 g/mol. The molecule has 0 saturated carbocycles. The number of likely N-dealkylation sites (N-methyl/N-ethyl adjacent to an activating group) is 1. The lowest BCUT2D eigenvalue weighted by atomic mass is 10.1. The van der Waals surface area contributed by atoms with Crippen molar-refractivity contribution < 1.29 is 9.53 Å². The zero-order valence-electron chi connectivity index (χ0n) is 12.6. The molecule has 0 N–H and O–H groups in total. The van der Waals surface area contributed by atoms with Crippen LogP contribution in [0, 0.1) is 0 Å². The van der Waals surface area contributed by atoms with Crippen molar-refractivity contribution in [2.45, 2.75) is 13.8 Å². The zero-order valence-corrected chi connectivity index (χ0v) is 12.6. The summed E-state index contributed by atoms with van der Waals surface area (Å²) in [5, 5.41) is 2.37. The number of ether oxygens (including phenoxy) is 1. The molecule has 0 fully saturated rings. The first-order valence-electron chi connectivity index (χ1n) is 7.25. The lowest BCUT2D eigenvalue weighted by Crippen LogP contribution is -2.28. The number of rotatable bonds is 6. The number of hydrogen-bond donors (Lipinski definition) is 0. The number of nitrogens with zero attached hydrogens (tertiary/aromatic N) is 1. The van der Waals surface area contributed by atoms with Gasteiger partial charge >= 0.3 is 5.97 Å². The summed E-state index contributed by atoms with van der Waals surface area (Å²) in [5.41, 5.74) is 1.59. The SMILES string of the molecule is C=C(CN(CC)c1cccc2ccccc12)C(=O)OCC. The van der Waals surface area contributed by atoms with Crippen molar-refractivity contribution in [2.75, 3.05) is 24.6 Å². The highest BCUT2D eigenvalue weighted by molar-refractivity contribution is 5.95. The van der Waals surface area contributed by atoms with E-state index in [0.29, 0.717) is 18.7 Å². The second-order valence-electron chi connectivity index (χ2n) is 4.84. The standard InChI is InChI=1S/C18H21NO2/c1-4-19(13-14(3)18(20)21-5-2)17-12-8-10-15-9-6-7-11-16(15)17/h6-12H,3-5,13H2,1-2H3. The number of benzene rings is 2. The van der Waals surface area contributed by atoms with Crippen LogP contribution in [0.3, 0.4) is 0 Å². The molecule has 0 aliphatic heterocycles. The van der Waals surface area contributed by atoms with Crippen molar-refractivity contribution in [1.29, 1.82) is 0 Å². The number of anilines is 1. The molecule has 0 amide bonds. The van der Waals surface area contributed by atoms with E-state index >= 15 is 0 Å². The quantitative estimate of drug-likeness (QED) is 0.597. The molecule has 2 aromatic rings. The second kappa shape index (κ2) is 6.93. The third kappa shape index (κ3) is 3.43. The summed E-state index contributed by atoms with van der Waals surface area (Å²) in [6.45, 7) is 9.37. The summed E-state index contributed by atoms with van der Waals surface area (Å²) in [6.07, 6.45) is 0. The van der Waals surface area contributed by atoms with Crippen LogP contribution in [0.15, 0.2) is 54.6 Å². The van der Waals surface area contributed by atoms with E-state index in [1.165, 1.54) is 10.8 Å². The Morgan fingerprint density at radius 1 is 1.14 bits per heavy atom. The fourth-order valence-electron chi connectivity index (χ4n) is 2.38. The first-order chi connectivity index (χ1) is 10.2. The van der Waals surface area contributed by atoms with Crippen molar-refractivity contribution >= 4 is 22.4 Å². The van der Waals surface area contributed by atoms with Crippen LogP contribution in [0.1, 0.15) is 13.8 Å². The summed E-state index contributed by atoms with van der Waals surface area (Å²) < 4.78 is 5.01. The molecule has 0 aliphatic carbocycles. The van der Waals surface area contributed by atoms with Gasteiger partial charge in [-0.05, 0) is 25.3 Å². The normalized spacial score (nSPS) is 10.4. The average molecular weight is 283 g/mol. The molecule has 0 radical (unpaired) electrons. The minimum atomic E-state index is -0.323. The van der Waals surface area contributed by atoms with Crippen LogP contribution in [0.5, 0.6) is 0 Å². The summed E-state index contributed by atoms with van der Waals surface area (Å²) >= 11 is 0. The van der Waals surface area contributed by atoms with Crippen molar-refractivity contribution in [3.05, 3.63) is 54.6 Å². The van der Waals surface area contributed by atoms with Crippen LogP contribution < -0.4 is 4.90 Å². The maximum absolute atomic E-state index is 11.7. The molecule has 3 heteroatoms. The minimum Gasteiger partial charge on any atom is -0.463 e. The molecule has 2 aromatic carbocycles. The Kier molecular flexibility index (Phi) is 4.99. The molecular formula is C18H21NO2.